The maximum atomic E-state index is 11.5. The summed E-state index contributed by atoms with van der Waals surface area (Å²) in [4.78, 5) is 18.1. The van der Waals surface area contributed by atoms with Crippen LogP contribution in [0.2, 0.25) is 0 Å². The molecule has 0 spiro atoms. The Morgan fingerprint density at radius 3 is 2.86 bits per heavy atom. The molecular weight excluding hydrogens is 272 g/mol. The van der Waals surface area contributed by atoms with Gasteiger partial charge in [0.1, 0.15) is 6.61 Å². The van der Waals surface area contributed by atoms with E-state index in [0.717, 1.165) is 5.69 Å². The normalized spacial score (nSPS) is 9.57. The molecule has 106 valence electrons. The number of azide groups is 1. The van der Waals surface area contributed by atoms with Crippen molar-refractivity contribution in [2.45, 2.75) is 6.61 Å². The number of benzene rings is 1. The molecule has 0 fully saturated rings. The van der Waals surface area contributed by atoms with Crippen LogP contribution in [0, 0.1) is 0 Å². The largest absolute Gasteiger partial charge is 0.493 e. The minimum atomic E-state index is -0.678. The van der Waals surface area contributed by atoms with Crippen molar-refractivity contribution in [2.75, 3.05) is 7.11 Å². The molecule has 1 heterocycles. The van der Waals surface area contributed by atoms with Gasteiger partial charge in [0.2, 0.25) is 5.91 Å². The number of amides is 1. The quantitative estimate of drug-likeness (QED) is 0.478. The van der Waals surface area contributed by atoms with Gasteiger partial charge in [-0.05, 0) is 41.0 Å². The Bertz CT molecular complexity index is 682. The molecule has 0 N–H and O–H groups in total. The molecule has 0 radical (unpaired) electrons. The number of rotatable bonds is 5. The van der Waals surface area contributed by atoms with E-state index in [2.05, 4.69) is 15.0 Å². The zero-order valence-corrected chi connectivity index (χ0v) is 11.3. The van der Waals surface area contributed by atoms with Crippen molar-refractivity contribution in [1.82, 2.24) is 4.98 Å². The van der Waals surface area contributed by atoms with Gasteiger partial charge in [0, 0.05) is 16.7 Å². The molecule has 0 atom stereocenters. The van der Waals surface area contributed by atoms with E-state index in [9.17, 15) is 4.79 Å². The summed E-state index contributed by atoms with van der Waals surface area (Å²) in [6.45, 7) is 0.233. The Labute approximate surface area is 120 Å². The Balaban J connectivity index is 2.21. The second-order valence-corrected chi connectivity index (χ2v) is 3.97. The summed E-state index contributed by atoms with van der Waals surface area (Å²) < 4.78 is 10.8. The van der Waals surface area contributed by atoms with Gasteiger partial charge in [-0.3, -0.25) is 9.78 Å². The van der Waals surface area contributed by atoms with E-state index in [1.54, 1.807) is 12.3 Å². The molecule has 0 aliphatic rings. The third-order valence-corrected chi connectivity index (χ3v) is 2.65. The average molecular weight is 284 g/mol. The van der Waals surface area contributed by atoms with Crippen LogP contribution >= 0.6 is 0 Å². The summed E-state index contributed by atoms with van der Waals surface area (Å²) in [6.07, 6.45) is 1.66. The topological polar surface area (TPSA) is 97.2 Å². The van der Waals surface area contributed by atoms with Gasteiger partial charge >= 0.3 is 0 Å². The van der Waals surface area contributed by atoms with Crippen molar-refractivity contribution < 1.29 is 14.3 Å². The van der Waals surface area contributed by atoms with Crippen LogP contribution in [0.25, 0.3) is 10.4 Å². The minimum absolute atomic E-state index is 0.227. The Hall–Kier alpha value is -3.05. The van der Waals surface area contributed by atoms with Gasteiger partial charge in [-0.1, -0.05) is 6.07 Å². The van der Waals surface area contributed by atoms with Crippen molar-refractivity contribution >= 4 is 5.91 Å². The number of aromatic nitrogens is 1. The number of hydrogen-bond donors (Lipinski definition) is 0. The number of hydrogen-bond acceptors (Lipinski definition) is 4. The summed E-state index contributed by atoms with van der Waals surface area (Å²) >= 11 is 0. The summed E-state index contributed by atoms with van der Waals surface area (Å²) in [5, 5.41) is 3.04. The molecule has 2 rings (SSSR count). The van der Waals surface area contributed by atoms with E-state index >= 15 is 0 Å². The molecule has 0 aliphatic heterocycles. The predicted molar refractivity (Wildman–Crippen MR) is 75.0 cm³/mol. The highest BCUT2D eigenvalue weighted by Gasteiger charge is 2.10. The Kier molecular flexibility index (Phi) is 4.74. The second kappa shape index (κ2) is 6.93. The van der Waals surface area contributed by atoms with Crippen molar-refractivity contribution in [3.8, 4) is 11.5 Å². The highest BCUT2D eigenvalue weighted by Crippen LogP contribution is 2.29. The molecule has 7 heteroatoms. The monoisotopic (exact) mass is 284 g/mol. The van der Waals surface area contributed by atoms with Gasteiger partial charge < -0.3 is 9.47 Å². The maximum absolute atomic E-state index is 11.5. The third-order valence-electron chi connectivity index (χ3n) is 2.65. The molecule has 21 heavy (non-hydrogen) atoms. The van der Waals surface area contributed by atoms with Crippen LogP contribution in [0.5, 0.6) is 11.5 Å². The lowest BCUT2D eigenvalue weighted by molar-refractivity contribution is 0.1000. The summed E-state index contributed by atoms with van der Waals surface area (Å²) in [7, 11) is 1.50. The van der Waals surface area contributed by atoms with E-state index in [4.69, 9.17) is 15.0 Å². The fraction of sp³-hybridized carbons (Fsp3) is 0.143. The fourth-order valence-corrected chi connectivity index (χ4v) is 1.66. The molecule has 1 aromatic heterocycles. The summed E-state index contributed by atoms with van der Waals surface area (Å²) in [5.41, 5.74) is 9.26. The number of pyridine rings is 1. The third kappa shape index (κ3) is 3.71. The van der Waals surface area contributed by atoms with E-state index < -0.39 is 5.91 Å². The maximum Gasteiger partial charge on any atom is 0.249 e. The van der Waals surface area contributed by atoms with Gasteiger partial charge in [0.05, 0.1) is 12.8 Å². The van der Waals surface area contributed by atoms with Crippen LogP contribution in [0.1, 0.15) is 16.1 Å². The first-order valence-electron chi connectivity index (χ1n) is 6.04. The number of methoxy groups -OCH3 is 1. The number of carbonyl (C=O) groups is 1. The fourth-order valence-electron chi connectivity index (χ4n) is 1.66. The van der Waals surface area contributed by atoms with Crippen molar-refractivity contribution in [2.24, 2.45) is 5.11 Å². The van der Waals surface area contributed by atoms with Crippen LogP contribution < -0.4 is 9.47 Å². The Morgan fingerprint density at radius 2 is 2.19 bits per heavy atom. The zero-order valence-electron chi connectivity index (χ0n) is 11.3. The molecule has 2 aromatic rings. The molecule has 0 bridgehead atoms. The lowest BCUT2D eigenvalue weighted by Gasteiger charge is -2.11. The van der Waals surface area contributed by atoms with Gasteiger partial charge in [-0.2, -0.15) is 0 Å². The second-order valence-electron chi connectivity index (χ2n) is 3.97. The standard InChI is InChI=1S/C14H12N4O3/c1-20-12-6-5-10(14(19)17-18-15)8-13(12)21-9-11-4-2-3-7-16-11/h2-8H,9H2,1H3. The lowest BCUT2D eigenvalue weighted by Crippen LogP contribution is -2.01. The van der Waals surface area contributed by atoms with E-state index in [0.29, 0.717) is 11.5 Å². The van der Waals surface area contributed by atoms with Gasteiger partial charge in [0.15, 0.2) is 11.5 Å². The first-order valence-corrected chi connectivity index (χ1v) is 6.04. The van der Waals surface area contributed by atoms with Crippen molar-refractivity contribution in [3.63, 3.8) is 0 Å². The molecule has 0 aliphatic carbocycles. The first kappa shape index (κ1) is 14.4. The van der Waals surface area contributed by atoms with Crippen LogP contribution in [0.15, 0.2) is 47.7 Å². The predicted octanol–water partition coefficient (Wildman–Crippen LogP) is 3.12. The van der Waals surface area contributed by atoms with Gasteiger partial charge in [-0.15, -0.1) is 0 Å². The molecule has 0 saturated heterocycles. The highest BCUT2D eigenvalue weighted by molar-refractivity contribution is 5.95. The van der Waals surface area contributed by atoms with Gasteiger partial charge in [0.25, 0.3) is 0 Å². The first-order chi connectivity index (χ1) is 10.2. The van der Waals surface area contributed by atoms with Gasteiger partial charge in [-0.25, -0.2) is 0 Å². The van der Waals surface area contributed by atoms with Crippen LogP contribution in [0.4, 0.5) is 0 Å². The summed E-state index contributed by atoms with van der Waals surface area (Å²) in [6, 6.07) is 10.0. The van der Waals surface area contributed by atoms with Crippen LogP contribution in [-0.2, 0) is 6.61 Å². The molecule has 0 unspecified atom stereocenters. The van der Waals surface area contributed by atoms with Crippen molar-refractivity contribution in [1.29, 1.82) is 0 Å². The van der Waals surface area contributed by atoms with Crippen LogP contribution in [-0.4, -0.2) is 18.0 Å². The number of carbonyl (C=O) groups excluding carboxylic acids is 1. The number of ether oxygens (including phenoxy) is 2. The molecule has 1 aromatic carbocycles. The van der Waals surface area contributed by atoms with Crippen LogP contribution in [0.3, 0.4) is 0 Å². The highest BCUT2D eigenvalue weighted by atomic mass is 16.5. The van der Waals surface area contributed by atoms with E-state index in [-0.39, 0.29) is 12.2 Å². The SMILES string of the molecule is COc1ccc(C(=O)N=[N+]=[N-])cc1OCc1ccccn1. The van der Waals surface area contributed by atoms with E-state index in [1.165, 1.54) is 19.2 Å². The van der Waals surface area contributed by atoms with E-state index in [1.807, 2.05) is 18.2 Å². The number of nitrogens with zero attached hydrogens (tertiary/aromatic N) is 4. The molecular formula is C14H12N4O3. The molecule has 1 amide bonds. The lowest BCUT2D eigenvalue weighted by atomic mass is 10.2. The Morgan fingerprint density at radius 1 is 1.33 bits per heavy atom. The smallest absolute Gasteiger partial charge is 0.249 e. The average Bonchev–Trinajstić information content (AvgIpc) is 2.54. The molecule has 7 nitrogen and oxygen atoms in total. The van der Waals surface area contributed by atoms with Crippen molar-refractivity contribution in [3.05, 3.63) is 64.3 Å². The zero-order chi connectivity index (χ0) is 15.1. The molecule has 0 saturated carbocycles. The summed E-state index contributed by atoms with van der Waals surface area (Å²) in [5.74, 6) is 0.174. The minimum Gasteiger partial charge on any atom is -0.493 e.